The number of carbonyl (C=O) groups is 1. The maximum Gasteiger partial charge on any atom is 0.344 e. The molecule has 8 heteroatoms. The van der Waals surface area contributed by atoms with Gasteiger partial charge in [0.05, 0.1) is 9.37 Å². The Kier molecular flexibility index (Phi) is 7.74. The molecule has 0 radical (unpaired) electrons. The number of carbonyl (C=O) groups excluding carboxylic acids is 1. The lowest BCUT2D eigenvalue weighted by molar-refractivity contribution is -0.157. The first-order valence-electron chi connectivity index (χ1n) is 8.57. The molecule has 1 unspecified atom stereocenters. The minimum atomic E-state index is -1.41. The number of rotatable bonds is 7. The molecule has 28 heavy (non-hydrogen) atoms. The van der Waals surface area contributed by atoms with Gasteiger partial charge in [-0.1, -0.05) is 6.07 Å². The Morgan fingerprint density at radius 3 is 2.39 bits per heavy atom. The zero-order chi connectivity index (χ0) is 20.9. The Hall–Kier alpha value is -1.77. The van der Waals surface area contributed by atoms with Crippen LogP contribution in [0.1, 0.15) is 26.3 Å². The standard InChI is InChI=1S/C20H23BrFNO4S/c1-20(2,3)27-19(24)13-26-18-10-5-14(11-17(18)21)12-23(4)28(25)16-8-6-15(22)7-9-16/h5-11H,12-13H2,1-4H3. The minimum Gasteiger partial charge on any atom is -0.481 e. The fourth-order valence-corrected chi connectivity index (χ4v) is 3.85. The number of ether oxygens (including phenoxy) is 2. The molecular formula is C20H23BrFNO4S. The number of hydrogen-bond acceptors (Lipinski definition) is 4. The zero-order valence-electron chi connectivity index (χ0n) is 16.2. The van der Waals surface area contributed by atoms with Gasteiger partial charge in [-0.2, -0.15) is 0 Å². The second-order valence-electron chi connectivity index (χ2n) is 7.13. The second kappa shape index (κ2) is 9.62. The molecule has 0 heterocycles. The molecule has 2 aromatic rings. The molecule has 0 fully saturated rings. The van der Waals surface area contributed by atoms with Crippen LogP contribution in [0, 0.1) is 5.82 Å². The van der Waals surface area contributed by atoms with Crippen LogP contribution in [0.2, 0.25) is 0 Å². The quantitative estimate of drug-likeness (QED) is 0.559. The third-order valence-electron chi connectivity index (χ3n) is 3.47. The van der Waals surface area contributed by atoms with Crippen LogP contribution >= 0.6 is 15.9 Å². The van der Waals surface area contributed by atoms with Gasteiger partial charge < -0.3 is 9.47 Å². The monoisotopic (exact) mass is 471 g/mol. The van der Waals surface area contributed by atoms with E-state index in [0.717, 1.165) is 5.56 Å². The highest BCUT2D eigenvalue weighted by atomic mass is 79.9. The smallest absolute Gasteiger partial charge is 0.344 e. The van der Waals surface area contributed by atoms with E-state index in [4.69, 9.17) is 9.47 Å². The molecule has 0 saturated heterocycles. The van der Waals surface area contributed by atoms with Crippen LogP contribution in [0.3, 0.4) is 0 Å². The Labute approximate surface area is 175 Å². The number of nitrogens with zero attached hydrogens (tertiary/aromatic N) is 1. The van der Waals surface area contributed by atoms with Gasteiger partial charge in [0.25, 0.3) is 0 Å². The van der Waals surface area contributed by atoms with Crippen molar-refractivity contribution in [2.24, 2.45) is 0 Å². The summed E-state index contributed by atoms with van der Waals surface area (Å²) in [5.74, 6) is -0.302. The van der Waals surface area contributed by atoms with Crippen LogP contribution in [0.5, 0.6) is 5.75 Å². The molecule has 0 aliphatic heterocycles. The average Bonchev–Trinajstić information content (AvgIpc) is 2.59. The van der Waals surface area contributed by atoms with Gasteiger partial charge in [0, 0.05) is 13.6 Å². The molecule has 0 saturated carbocycles. The van der Waals surface area contributed by atoms with E-state index in [1.807, 2.05) is 12.1 Å². The Morgan fingerprint density at radius 2 is 1.82 bits per heavy atom. The van der Waals surface area contributed by atoms with Gasteiger partial charge in [0.15, 0.2) is 6.61 Å². The predicted molar refractivity (Wildman–Crippen MR) is 110 cm³/mol. The molecule has 0 aliphatic carbocycles. The van der Waals surface area contributed by atoms with Crippen molar-refractivity contribution in [1.29, 1.82) is 0 Å². The molecule has 0 aromatic heterocycles. The first kappa shape index (κ1) is 22.5. The first-order chi connectivity index (χ1) is 13.0. The molecule has 2 rings (SSSR count). The summed E-state index contributed by atoms with van der Waals surface area (Å²) in [5.41, 5.74) is 0.334. The van der Waals surface area contributed by atoms with E-state index in [1.165, 1.54) is 24.3 Å². The lowest BCUT2D eigenvalue weighted by Gasteiger charge is -2.20. The summed E-state index contributed by atoms with van der Waals surface area (Å²) in [4.78, 5) is 12.3. The molecule has 0 spiro atoms. The average molecular weight is 472 g/mol. The number of halogens is 2. The molecule has 5 nitrogen and oxygen atoms in total. The van der Waals surface area contributed by atoms with Crippen molar-refractivity contribution in [3.63, 3.8) is 0 Å². The maximum absolute atomic E-state index is 13.0. The van der Waals surface area contributed by atoms with Crippen LogP contribution < -0.4 is 4.74 Å². The van der Waals surface area contributed by atoms with Crippen molar-refractivity contribution in [3.8, 4) is 5.75 Å². The van der Waals surface area contributed by atoms with Crippen LogP contribution in [0.4, 0.5) is 4.39 Å². The first-order valence-corrected chi connectivity index (χ1v) is 10.5. The number of hydrogen-bond donors (Lipinski definition) is 0. The number of benzene rings is 2. The SMILES string of the molecule is CN(Cc1ccc(OCC(=O)OC(C)(C)C)c(Br)c1)S(=O)c1ccc(F)cc1. The van der Waals surface area contributed by atoms with Crippen molar-refractivity contribution in [2.75, 3.05) is 13.7 Å². The van der Waals surface area contributed by atoms with Crippen LogP contribution in [-0.4, -0.2) is 33.7 Å². The fraction of sp³-hybridized carbons (Fsp3) is 0.350. The van der Waals surface area contributed by atoms with Crippen molar-refractivity contribution < 1.29 is 22.9 Å². The molecule has 152 valence electrons. The molecule has 0 amide bonds. The summed E-state index contributed by atoms with van der Waals surface area (Å²) >= 11 is 3.43. The summed E-state index contributed by atoms with van der Waals surface area (Å²) in [6, 6.07) is 11.0. The third kappa shape index (κ3) is 7.00. The molecular weight excluding hydrogens is 449 g/mol. The highest BCUT2D eigenvalue weighted by Crippen LogP contribution is 2.27. The van der Waals surface area contributed by atoms with Crippen molar-refractivity contribution in [3.05, 3.63) is 58.3 Å². The van der Waals surface area contributed by atoms with E-state index in [1.54, 1.807) is 38.2 Å². The van der Waals surface area contributed by atoms with Gasteiger partial charge in [0.1, 0.15) is 28.2 Å². The second-order valence-corrected chi connectivity index (χ2v) is 9.58. The summed E-state index contributed by atoms with van der Waals surface area (Å²) in [7, 11) is 0.313. The normalized spacial score (nSPS) is 12.7. The van der Waals surface area contributed by atoms with Crippen LogP contribution in [0.15, 0.2) is 51.8 Å². The highest BCUT2D eigenvalue weighted by Gasteiger charge is 2.17. The van der Waals surface area contributed by atoms with Crippen molar-refractivity contribution >= 4 is 32.9 Å². The molecule has 0 bridgehead atoms. The minimum absolute atomic E-state index is 0.191. The molecule has 0 aliphatic rings. The van der Waals surface area contributed by atoms with Gasteiger partial charge >= 0.3 is 5.97 Å². The molecule has 2 aromatic carbocycles. The summed E-state index contributed by atoms with van der Waals surface area (Å²) < 4.78 is 38.6. The molecule has 0 N–H and O–H groups in total. The van der Waals surface area contributed by atoms with Crippen LogP contribution in [-0.2, 0) is 27.1 Å². The molecule has 1 atom stereocenters. The van der Waals surface area contributed by atoms with E-state index >= 15 is 0 Å². The lowest BCUT2D eigenvalue weighted by Crippen LogP contribution is -2.27. The van der Waals surface area contributed by atoms with E-state index in [0.29, 0.717) is 21.7 Å². The van der Waals surface area contributed by atoms with Gasteiger partial charge in [-0.3, -0.25) is 0 Å². The predicted octanol–water partition coefficient (Wildman–Crippen LogP) is 4.46. The maximum atomic E-state index is 13.0. The van der Waals surface area contributed by atoms with Gasteiger partial charge in [-0.25, -0.2) is 17.7 Å². The Morgan fingerprint density at radius 1 is 1.18 bits per heavy atom. The van der Waals surface area contributed by atoms with Gasteiger partial charge in [0.2, 0.25) is 0 Å². The van der Waals surface area contributed by atoms with E-state index in [9.17, 15) is 13.4 Å². The van der Waals surface area contributed by atoms with Gasteiger partial charge in [-0.15, -0.1) is 0 Å². The van der Waals surface area contributed by atoms with E-state index < -0.39 is 22.6 Å². The fourth-order valence-electron chi connectivity index (χ4n) is 2.31. The Bertz CT molecular complexity index is 852. The van der Waals surface area contributed by atoms with Crippen LogP contribution in [0.25, 0.3) is 0 Å². The van der Waals surface area contributed by atoms with Crippen molar-refractivity contribution in [2.45, 2.75) is 37.8 Å². The number of esters is 1. The lowest BCUT2D eigenvalue weighted by atomic mass is 10.2. The zero-order valence-corrected chi connectivity index (χ0v) is 18.6. The van der Waals surface area contributed by atoms with Gasteiger partial charge in [-0.05, 0) is 78.7 Å². The third-order valence-corrected chi connectivity index (χ3v) is 5.46. The highest BCUT2D eigenvalue weighted by molar-refractivity contribution is 9.10. The summed E-state index contributed by atoms with van der Waals surface area (Å²) in [5, 5.41) is 0. The van der Waals surface area contributed by atoms with Crippen molar-refractivity contribution in [1.82, 2.24) is 4.31 Å². The summed E-state index contributed by atoms with van der Waals surface area (Å²) in [6.07, 6.45) is 0. The summed E-state index contributed by atoms with van der Waals surface area (Å²) in [6.45, 7) is 5.60. The largest absolute Gasteiger partial charge is 0.481 e. The van der Waals surface area contributed by atoms with E-state index in [2.05, 4.69) is 15.9 Å². The topological polar surface area (TPSA) is 55.8 Å². The Balaban J connectivity index is 1.96. The van der Waals surface area contributed by atoms with E-state index in [-0.39, 0.29) is 12.4 Å².